The van der Waals surface area contributed by atoms with Gasteiger partial charge in [-0.05, 0) is 26.0 Å². The summed E-state index contributed by atoms with van der Waals surface area (Å²) in [5, 5.41) is 5.95. The molecule has 3 heterocycles. The van der Waals surface area contributed by atoms with E-state index in [4.69, 9.17) is 4.74 Å². The predicted molar refractivity (Wildman–Crippen MR) is 95.4 cm³/mol. The molecule has 4 rings (SSSR count). The Kier molecular flexibility index (Phi) is 4.09. The lowest BCUT2D eigenvalue weighted by molar-refractivity contribution is -0.136. The third-order valence-electron chi connectivity index (χ3n) is 4.13. The molecular formula is C18H17F3N5O. The Morgan fingerprint density at radius 3 is 2.85 bits per heavy atom. The highest BCUT2D eigenvalue weighted by Crippen LogP contribution is 2.39. The van der Waals surface area contributed by atoms with Crippen LogP contribution in [0.4, 0.5) is 30.6 Å². The van der Waals surface area contributed by atoms with Gasteiger partial charge in [0.25, 0.3) is 0 Å². The molecule has 3 aromatic rings. The minimum Gasteiger partial charge on any atom is -0.491 e. The zero-order valence-corrected chi connectivity index (χ0v) is 14.7. The average molecular weight is 376 g/mol. The summed E-state index contributed by atoms with van der Waals surface area (Å²) in [4.78, 5) is 11.1. The highest BCUT2D eigenvalue weighted by molar-refractivity contribution is 5.92. The number of rotatable bonds is 4. The number of anilines is 3. The first-order valence-corrected chi connectivity index (χ1v) is 8.49. The molecule has 3 N–H and O–H groups in total. The van der Waals surface area contributed by atoms with Crippen LogP contribution in [0, 0.1) is 6.07 Å². The molecular weight excluding hydrogens is 359 g/mol. The van der Waals surface area contributed by atoms with Gasteiger partial charge in [-0.25, -0.2) is 0 Å². The molecule has 0 aliphatic carbocycles. The van der Waals surface area contributed by atoms with E-state index in [1.165, 1.54) is 0 Å². The molecule has 9 heteroatoms. The Hall–Kier alpha value is -2.97. The first-order chi connectivity index (χ1) is 12.8. The maximum Gasteiger partial charge on any atom is 0.418 e. The van der Waals surface area contributed by atoms with Crippen molar-refractivity contribution in [1.82, 2.24) is 15.0 Å². The van der Waals surface area contributed by atoms with Crippen molar-refractivity contribution in [2.24, 2.45) is 0 Å². The van der Waals surface area contributed by atoms with E-state index >= 15 is 0 Å². The summed E-state index contributed by atoms with van der Waals surface area (Å²) < 4.78 is 45.6. The van der Waals surface area contributed by atoms with Crippen molar-refractivity contribution in [2.45, 2.75) is 32.5 Å². The Bertz CT molecular complexity index is 997. The Labute approximate surface area is 153 Å². The molecule has 1 radical (unpaired) electrons. The van der Waals surface area contributed by atoms with Crippen LogP contribution in [0.25, 0.3) is 11.0 Å². The summed E-state index contributed by atoms with van der Waals surface area (Å²) in [5.41, 5.74) is 0.897. The smallest absolute Gasteiger partial charge is 0.418 e. The molecule has 0 fully saturated rings. The van der Waals surface area contributed by atoms with Crippen LogP contribution in [0.3, 0.4) is 0 Å². The van der Waals surface area contributed by atoms with E-state index < -0.39 is 11.7 Å². The summed E-state index contributed by atoms with van der Waals surface area (Å²) in [5.74, 6) is 0.957. The molecule has 0 saturated heterocycles. The Morgan fingerprint density at radius 2 is 2.11 bits per heavy atom. The molecule has 2 aromatic heterocycles. The number of fused-ring (bicyclic) bond motifs is 2. The molecule has 27 heavy (non-hydrogen) atoms. The second-order valence-electron chi connectivity index (χ2n) is 6.54. The van der Waals surface area contributed by atoms with Gasteiger partial charge in [-0.2, -0.15) is 23.1 Å². The number of hydrogen-bond acceptors (Lipinski definition) is 5. The van der Waals surface area contributed by atoms with E-state index in [0.717, 1.165) is 18.2 Å². The fraction of sp³-hybridized carbons (Fsp3) is 0.333. The van der Waals surface area contributed by atoms with Gasteiger partial charge in [-0.1, -0.05) is 6.07 Å². The van der Waals surface area contributed by atoms with Crippen LogP contribution in [0.1, 0.15) is 25.0 Å². The molecule has 1 aliphatic heterocycles. The minimum absolute atomic E-state index is 0.0791. The van der Waals surface area contributed by atoms with Crippen LogP contribution in [0.5, 0.6) is 5.75 Å². The van der Waals surface area contributed by atoms with Gasteiger partial charge >= 0.3 is 6.18 Å². The van der Waals surface area contributed by atoms with Gasteiger partial charge in [0.1, 0.15) is 17.2 Å². The zero-order chi connectivity index (χ0) is 19.2. The molecule has 0 bridgehead atoms. The normalized spacial score (nSPS) is 13.7. The molecule has 1 aromatic carbocycles. The highest BCUT2D eigenvalue weighted by atomic mass is 19.4. The summed E-state index contributed by atoms with van der Waals surface area (Å²) in [6.45, 7) is 4.22. The van der Waals surface area contributed by atoms with Gasteiger partial charge in [0, 0.05) is 24.2 Å². The maximum atomic E-state index is 13.3. The fourth-order valence-corrected chi connectivity index (χ4v) is 3.04. The number of nitrogens with zero attached hydrogens (tertiary/aromatic N) is 2. The molecule has 0 unspecified atom stereocenters. The second kappa shape index (κ2) is 6.33. The molecule has 0 amide bonds. The van der Waals surface area contributed by atoms with E-state index in [0.29, 0.717) is 18.0 Å². The monoisotopic (exact) mass is 376 g/mol. The number of ether oxygens (including phenoxy) is 1. The highest BCUT2D eigenvalue weighted by Gasteiger charge is 2.35. The van der Waals surface area contributed by atoms with E-state index in [9.17, 15) is 13.2 Å². The van der Waals surface area contributed by atoms with Gasteiger partial charge in [-0.3, -0.25) is 0 Å². The van der Waals surface area contributed by atoms with Crippen molar-refractivity contribution in [2.75, 3.05) is 17.2 Å². The van der Waals surface area contributed by atoms with E-state index in [-0.39, 0.29) is 28.8 Å². The van der Waals surface area contributed by atoms with Gasteiger partial charge in [0.05, 0.1) is 23.2 Å². The number of aromatic nitrogens is 3. The molecule has 141 valence electrons. The van der Waals surface area contributed by atoms with E-state index in [1.54, 1.807) is 12.1 Å². The number of nitrogens with one attached hydrogen (secondary N) is 3. The average Bonchev–Trinajstić information content (AvgIpc) is 3.20. The minimum atomic E-state index is -4.51. The van der Waals surface area contributed by atoms with Crippen LogP contribution in [0.15, 0.2) is 18.3 Å². The Balaban J connectivity index is 1.80. The summed E-state index contributed by atoms with van der Waals surface area (Å²) >= 11 is 0. The third-order valence-corrected chi connectivity index (χ3v) is 4.13. The number of benzene rings is 1. The molecule has 0 atom stereocenters. The van der Waals surface area contributed by atoms with E-state index in [1.807, 2.05) is 13.8 Å². The number of hydrogen-bond donors (Lipinski definition) is 3. The second-order valence-corrected chi connectivity index (χ2v) is 6.54. The van der Waals surface area contributed by atoms with Crippen molar-refractivity contribution in [3.05, 3.63) is 35.5 Å². The number of halogens is 3. The molecule has 0 spiro atoms. The van der Waals surface area contributed by atoms with Crippen molar-refractivity contribution < 1.29 is 17.9 Å². The first-order valence-electron chi connectivity index (χ1n) is 8.49. The maximum absolute atomic E-state index is 13.3. The van der Waals surface area contributed by atoms with Gasteiger partial charge < -0.3 is 20.4 Å². The van der Waals surface area contributed by atoms with Crippen LogP contribution in [-0.4, -0.2) is 27.6 Å². The lowest BCUT2D eigenvalue weighted by Gasteiger charge is -2.15. The quantitative estimate of drug-likeness (QED) is 0.634. The van der Waals surface area contributed by atoms with Gasteiger partial charge in [0.2, 0.25) is 5.95 Å². The fourth-order valence-electron chi connectivity index (χ4n) is 3.04. The SMILES string of the molecule is CC(C)Nc1nc(Nc2cc[c]c3c2OCC3)nc2[nH]cc(C(F)(F)F)c12. The van der Waals surface area contributed by atoms with Crippen LogP contribution in [-0.2, 0) is 12.6 Å². The third kappa shape index (κ3) is 3.24. The van der Waals surface area contributed by atoms with Gasteiger partial charge in [-0.15, -0.1) is 0 Å². The number of aromatic amines is 1. The van der Waals surface area contributed by atoms with Crippen molar-refractivity contribution >= 4 is 28.5 Å². The largest absolute Gasteiger partial charge is 0.491 e. The summed E-state index contributed by atoms with van der Waals surface area (Å²) in [7, 11) is 0. The molecule has 1 aliphatic rings. The van der Waals surface area contributed by atoms with E-state index in [2.05, 4.69) is 31.7 Å². The number of alkyl halides is 3. The Morgan fingerprint density at radius 1 is 1.30 bits per heavy atom. The lowest BCUT2D eigenvalue weighted by Crippen LogP contribution is -2.14. The summed E-state index contributed by atoms with van der Waals surface area (Å²) in [6, 6.07) is 6.54. The van der Waals surface area contributed by atoms with Crippen LogP contribution >= 0.6 is 0 Å². The van der Waals surface area contributed by atoms with Crippen molar-refractivity contribution in [3.8, 4) is 5.75 Å². The zero-order valence-electron chi connectivity index (χ0n) is 14.7. The number of H-pyrrole nitrogens is 1. The van der Waals surface area contributed by atoms with Crippen molar-refractivity contribution in [3.63, 3.8) is 0 Å². The predicted octanol–water partition coefficient (Wildman–Crippen LogP) is 4.28. The topological polar surface area (TPSA) is 74.9 Å². The van der Waals surface area contributed by atoms with Crippen LogP contribution in [0.2, 0.25) is 0 Å². The first kappa shape index (κ1) is 17.4. The molecule has 6 nitrogen and oxygen atoms in total. The molecule has 0 saturated carbocycles. The lowest BCUT2D eigenvalue weighted by atomic mass is 10.1. The standard InChI is InChI=1S/C18H17F3N5O/c1-9(2)23-16-13-11(18(19,20)21)8-22-15(13)25-17(26-16)24-12-5-3-4-10-6-7-27-14(10)12/h3,5,8-9H,6-7H2,1-2H3,(H3,22,23,24,25,26). The summed E-state index contributed by atoms with van der Waals surface area (Å²) in [6.07, 6.45) is -2.84. The van der Waals surface area contributed by atoms with Crippen LogP contribution < -0.4 is 15.4 Å². The van der Waals surface area contributed by atoms with Gasteiger partial charge in [0.15, 0.2) is 0 Å². The van der Waals surface area contributed by atoms with Crippen molar-refractivity contribution in [1.29, 1.82) is 0 Å².